The highest BCUT2D eigenvalue weighted by Gasteiger charge is 2.33. The molecule has 0 amide bonds. The first kappa shape index (κ1) is 9.65. The minimum Gasteiger partial charge on any atom is -0.481 e. The van der Waals surface area contributed by atoms with Crippen molar-refractivity contribution in [3.63, 3.8) is 0 Å². The minimum absolute atomic E-state index is 0.198. The Kier molecular flexibility index (Phi) is 3.05. The van der Waals surface area contributed by atoms with Crippen molar-refractivity contribution in [2.45, 2.75) is 26.9 Å². The van der Waals surface area contributed by atoms with Gasteiger partial charge in [0.1, 0.15) is 10.5 Å². The molecule has 0 rings (SSSR count). The van der Waals surface area contributed by atoms with Gasteiger partial charge in [-0.05, 0) is 20.8 Å². The summed E-state index contributed by atoms with van der Waals surface area (Å²) in [6.07, 6.45) is -0.198. The largest absolute Gasteiger partial charge is 0.481 e. The second kappa shape index (κ2) is 3.16. The molecule has 0 aliphatic heterocycles. The van der Waals surface area contributed by atoms with Crippen LogP contribution in [-0.4, -0.2) is 27.7 Å². The molecule has 1 N–H and O–H groups in total. The van der Waals surface area contributed by atoms with Gasteiger partial charge < -0.3 is 9.53 Å². The molecular weight excluding hydrogens is 148 g/mol. The number of aliphatic carboxylic acids is 1. The fourth-order valence-electron chi connectivity index (χ4n) is 0.469. The van der Waals surface area contributed by atoms with Crippen LogP contribution in [0.5, 0.6) is 0 Å². The molecule has 0 bridgehead atoms. The van der Waals surface area contributed by atoms with E-state index in [4.69, 9.17) is 9.53 Å². The maximum atomic E-state index is 10.6. The maximum Gasteiger partial charge on any atom is 0.311 e. The molecule has 4 heteroatoms. The monoisotopic (exact) mass is 162 g/mol. The molecule has 60 valence electrons. The first-order valence-electron chi connectivity index (χ1n) is 3.19. The molecule has 0 fully saturated rings. The van der Waals surface area contributed by atoms with Gasteiger partial charge in [-0.2, -0.15) is 0 Å². The highest BCUT2D eigenvalue weighted by molar-refractivity contribution is 5.98. The molecule has 0 saturated carbocycles. The van der Waals surface area contributed by atoms with E-state index < -0.39 is 11.4 Å². The van der Waals surface area contributed by atoms with Crippen molar-refractivity contribution >= 4 is 16.5 Å². The lowest BCUT2D eigenvalue weighted by molar-refractivity contribution is -0.151. The highest BCUT2D eigenvalue weighted by atomic mass is 28.2. The summed E-state index contributed by atoms with van der Waals surface area (Å²) in [5, 5.41) is 8.68. The molecular formula is C6H14O3Si. The van der Waals surface area contributed by atoms with E-state index in [0.29, 0.717) is 10.5 Å². The summed E-state index contributed by atoms with van der Waals surface area (Å²) in [7, 11) is 0.586. The first-order valence-corrected chi connectivity index (χ1v) is 4.00. The zero-order valence-electron chi connectivity index (χ0n) is 6.84. The van der Waals surface area contributed by atoms with Crippen molar-refractivity contribution in [3.8, 4) is 0 Å². The third-order valence-electron chi connectivity index (χ3n) is 1.92. The molecule has 0 aliphatic carbocycles. The molecule has 3 nitrogen and oxygen atoms in total. The van der Waals surface area contributed by atoms with Gasteiger partial charge in [-0.15, -0.1) is 0 Å². The maximum absolute atomic E-state index is 10.6. The van der Waals surface area contributed by atoms with Crippen LogP contribution in [0, 0.1) is 5.41 Å². The summed E-state index contributed by atoms with van der Waals surface area (Å²) in [6, 6.07) is 0. The van der Waals surface area contributed by atoms with Gasteiger partial charge in [0.15, 0.2) is 0 Å². The molecule has 0 saturated heterocycles. The van der Waals surface area contributed by atoms with Crippen molar-refractivity contribution in [1.82, 2.24) is 0 Å². The number of carboxylic acid groups (broad SMARTS) is 1. The van der Waals surface area contributed by atoms with Crippen LogP contribution in [0.3, 0.4) is 0 Å². The number of carboxylic acids is 1. The number of rotatable bonds is 3. The Labute approximate surface area is 63.9 Å². The summed E-state index contributed by atoms with van der Waals surface area (Å²) in [5.41, 5.74) is -0.762. The molecule has 0 aromatic carbocycles. The van der Waals surface area contributed by atoms with E-state index in [-0.39, 0.29) is 6.10 Å². The van der Waals surface area contributed by atoms with E-state index in [1.54, 1.807) is 20.8 Å². The van der Waals surface area contributed by atoms with Crippen molar-refractivity contribution in [1.29, 1.82) is 0 Å². The SMILES string of the molecule is CC(O[SiH3])C(C)(C)C(=O)O. The molecule has 10 heavy (non-hydrogen) atoms. The van der Waals surface area contributed by atoms with Gasteiger partial charge in [-0.1, -0.05) is 0 Å². The summed E-state index contributed by atoms with van der Waals surface area (Å²) in [6.45, 7) is 5.11. The van der Waals surface area contributed by atoms with Gasteiger partial charge in [0.25, 0.3) is 0 Å². The smallest absolute Gasteiger partial charge is 0.311 e. The lowest BCUT2D eigenvalue weighted by atomic mass is 9.88. The quantitative estimate of drug-likeness (QED) is 0.584. The standard InChI is InChI=1S/C6H14O3Si/c1-4(9-10)6(2,3)5(7)8/h4H,1-3,10H3,(H,7,8). The van der Waals surface area contributed by atoms with E-state index in [1.165, 1.54) is 0 Å². The number of hydrogen-bond donors (Lipinski definition) is 1. The predicted octanol–water partition coefficient (Wildman–Crippen LogP) is -0.217. The van der Waals surface area contributed by atoms with Crippen LogP contribution in [-0.2, 0) is 9.22 Å². The first-order chi connectivity index (χ1) is 4.42. The summed E-state index contributed by atoms with van der Waals surface area (Å²) >= 11 is 0. The van der Waals surface area contributed by atoms with Crippen LogP contribution in [0.2, 0.25) is 0 Å². The molecule has 0 aromatic rings. The average molecular weight is 162 g/mol. The zero-order valence-corrected chi connectivity index (χ0v) is 8.84. The zero-order chi connectivity index (χ0) is 8.36. The third-order valence-corrected chi connectivity index (χ3v) is 2.63. The molecule has 0 heterocycles. The van der Waals surface area contributed by atoms with E-state index in [0.717, 1.165) is 0 Å². The van der Waals surface area contributed by atoms with E-state index in [9.17, 15) is 4.79 Å². The van der Waals surface area contributed by atoms with Crippen LogP contribution in [0.1, 0.15) is 20.8 Å². The van der Waals surface area contributed by atoms with Gasteiger partial charge in [-0.25, -0.2) is 0 Å². The van der Waals surface area contributed by atoms with Crippen molar-refractivity contribution < 1.29 is 14.3 Å². The summed E-state index contributed by atoms with van der Waals surface area (Å²) in [4.78, 5) is 10.6. The van der Waals surface area contributed by atoms with Gasteiger partial charge in [0.2, 0.25) is 0 Å². The van der Waals surface area contributed by atoms with Crippen LogP contribution in [0.15, 0.2) is 0 Å². The Hall–Kier alpha value is -0.353. The highest BCUT2D eigenvalue weighted by Crippen LogP contribution is 2.22. The van der Waals surface area contributed by atoms with E-state index >= 15 is 0 Å². The lowest BCUT2D eigenvalue weighted by Crippen LogP contribution is -2.36. The topological polar surface area (TPSA) is 46.5 Å². The average Bonchev–Trinajstić information content (AvgIpc) is 1.86. The normalized spacial score (nSPS) is 15.1. The second-order valence-electron chi connectivity index (χ2n) is 2.90. The predicted molar refractivity (Wildman–Crippen MR) is 41.9 cm³/mol. The Morgan fingerprint density at radius 1 is 1.70 bits per heavy atom. The Morgan fingerprint density at radius 3 is 2.20 bits per heavy atom. The molecule has 0 spiro atoms. The van der Waals surface area contributed by atoms with Crippen molar-refractivity contribution in [3.05, 3.63) is 0 Å². The Bertz CT molecular complexity index is 133. The van der Waals surface area contributed by atoms with Crippen LogP contribution in [0.25, 0.3) is 0 Å². The molecule has 0 radical (unpaired) electrons. The van der Waals surface area contributed by atoms with Crippen LogP contribution >= 0.6 is 0 Å². The van der Waals surface area contributed by atoms with Crippen molar-refractivity contribution in [2.75, 3.05) is 0 Å². The molecule has 0 aromatic heterocycles. The fraction of sp³-hybridized carbons (Fsp3) is 0.833. The van der Waals surface area contributed by atoms with Gasteiger partial charge in [0.05, 0.1) is 11.5 Å². The molecule has 0 aliphatic rings. The van der Waals surface area contributed by atoms with Gasteiger partial charge in [0, 0.05) is 0 Å². The van der Waals surface area contributed by atoms with E-state index in [2.05, 4.69) is 0 Å². The van der Waals surface area contributed by atoms with Gasteiger partial charge >= 0.3 is 5.97 Å². The minimum atomic E-state index is -0.809. The van der Waals surface area contributed by atoms with Crippen LogP contribution in [0.4, 0.5) is 0 Å². The fourth-order valence-corrected chi connectivity index (χ4v) is 1.06. The third kappa shape index (κ3) is 1.81. The lowest BCUT2D eigenvalue weighted by Gasteiger charge is -2.25. The van der Waals surface area contributed by atoms with E-state index in [1.807, 2.05) is 0 Å². The molecule has 1 unspecified atom stereocenters. The van der Waals surface area contributed by atoms with Gasteiger partial charge in [-0.3, -0.25) is 4.79 Å². The van der Waals surface area contributed by atoms with Crippen molar-refractivity contribution in [2.24, 2.45) is 5.41 Å². The number of carbonyl (C=O) groups is 1. The molecule has 1 atom stereocenters. The summed E-state index contributed by atoms with van der Waals surface area (Å²) in [5.74, 6) is -0.809. The summed E-state index contributed by atoms with van der Waals surface area (Å²) < 4.78 is 5.03. The Balaban J connectivity index is 4.23. The van der Waals surface area contributed by atoms with Crippen LogP contribution < -0.4 is 0 Å². The Morgan fingerprint density at radius 2 is 2.10 bits per heavy atom. The number of hydrogen-bond acceptors (Lipinski definition) is 2. The second-order valence-corrected chi connectivity index (χ2v) is 3.38.